The first-order chi connectivity index (χ1) is 11.3. The van der Waals surface area contributed by atoms with Crippen molar-refractivity contribution < 1.29 is 21.9 Å². The van der Waals surface area contributed by atoms with Gasteiger partial charge in [-0.1, -0.05) is 17.7 Å². The summed E-state index contributed by atoms with van der Waals surface area (Å²) in [6.45, 7) is 0.337. The van der Waals surface area contributed by atoms with Crippen LogP contribution in [0.1, 0.15) is 6.42 Å². The molecule has 3 rings (SSSR count). The van der Waals surface area contributed by atoms with E-state index >= 15 is 0 Å². The fourth-order valence-electron chi connectivity index (χ4n) is 2.57. The van der Waals surface area contributed by atoms with Gasteiger partial charge in [0.2, 0.25) is 10.0 Å². The lowest BCUT2D eigenvalue weighted by Gasteiger charge is -2.17. The molecule has 0 aliphatic carbocycles. The molecular formula is C16H14ClF2NO3S. The van der Waals surface area contributed by atoms with Crippen LogP contribution in [-0.2, 0) is 10.0 Å². The highest BCUT2D eigenvalue weighted by molar-refractivity contribution is 7.89. The van der Waals surface area contributed by atoms with Crippen LogP contribution in [0, 0.1) is 11.6 Å². The molecule has 0 radical (unpaired) electrons. The van der Waals surface area contributed by atoms with Crippen LogP contribution in [0.2, 0.25) is 5.02 Å². The molecule has 0 spiro atoms. The molecule has 1 aliphatic rings. The van der Waals surface area contributed by atoms with Crippen LogP contribution >= 0.6 is 11.6 Å². The molecule has 1 heterocycles. The Kier molecular flexibility index (Phi) is 4.76. The average molecular weight is 374 g/mol. The van der Waals surface area contributed by atoms with E-state index in [0.717, 1.165) is 12.1 Å². The number of nitrogens with zero attached hydrogens (tertiary/aromatic N) is 1. The molecule has 1 saturated heterocycles. The minimum atomic E-state index is -3.86. The summed E-state index contributed by atoms with van der Waals surface area (Å²) in [7, 11) is -3.86. The van der Waals surface area contributed by atoms with Crippen LogP contribution < -0.4 is 4.74 Å². The van der Waals surface area contributed by atoms with E-state index in [1.807, 2.05) is 0 Å². The van der Waals surface area contributed by atoms with Crippen LogP contribution in [0.5, 0.6) is 5.75 Å². The number of sulfonamides is 1. The van der Waals surface area contributed by atoms with Gasteiger partial charge in [-0.15, -0.1) is 0 Å². The zero-order valence-corrected chi connectivity index (χ0v) is 14.0. The predicted octanol–water partition coefficient (Wildman–Crippen LogP) is 3.46. The molecule has 0 bridgehead atoms. The topological polar surface area (TPSA) is 46.6 Å². The zero-order chi connectivity index (χ0) is 17.3. The van der Waals surface area contributed by atoms with Gasteiger partial charge in [0.1, 0.15) is 23.5 Å². The fraction of sp³-hybridized carbons (Fsp3) is 0.250. The summed E-state index contributed by atoms with van der Waals surface area (Å²) in [5.74, 6) is -0.801. The van der Waals surface area contributed by atoms with Gasteiger partial charge < -0.3 is 4.74 Å². The van der Waals surface area contributed by atoms with E-state index in [0.29, 0.717) is 12.2 Å². The normalized spacial score (nSPS) is 18.7. The maximum Gasteiger partial charge on any atom is 0.243 e. The number of hydrogen-bond donors (Lipinski definition) is 0. The van der Waals surface area contributed by atoms with Crippen LogP contribution in [0.25, 0.3) is 0 Å². The summed E-state index contributed by atoms with van der Waals surface area (Å²) < 4.78 is 58.6. The summed E-state index contributed by atoms with van der Waals surface area (Å²) in [6.07, 6.45) is 0.0595. The number of ether oxygens (including phenoxy) is 1. The smallest absolute Gasteiger partial charge is 0.243 e. The number of hydrogen-bond acceptors (Lipinski definition) is 3. The first kappa shape index (κ1) is 17.1. The Morgan fingerprint density at radius 2 is 1.92 bits per heavy atom. The van der Waals surface area contributed by atoms with Gasteiger partial charge in [-0.3, -0.25) is 0 Å². The van der Waals surface area contributed by atoms with E-state index in [1.165, 1.54) is 28.6 Å². The van der Waals surface area contributed by atoms with Crippen molar-refractivity contribution in [3.05, 3.63) is 59.1 Å². The lowest BCUT2D eigenvalue weighted by molar-refractivity contribution is 0.214. The van der Waals surface area contributed by atoms with Crippen molar-refractivity contribution >= 4 is 21.6 Å². The molecule has 0 amide bonds. The first-order valence-electron chi connectivity index (χ1n) is 7.23. The molecule has 0 N–H and O–H groups in total. The summed E-state index contributed by atoms with van der Waals surface area (Å²) >= 11 is 5.73. The van der Waals surface area contributed by atoms with Gasteiger partial charge in [0.25, 0.3) is 0 Å². The second kappa shape index (κ2) is 6.66. The minimum Gasteiger partial charge on any atom is -0.489 e. The van der Waals surface area contributed by atoms with Crippen LogP contribution in [-0.4, -0.2) is 31.9 Å². The molecule has 2 aromatic carbocycles. The van der Waals surface area contributed by atoms with Crippen LogP contribution in [0.3, 0.4) is 0 Å². The molecule has 0 aromatic heterocycles. The molecule has 1 atom stereocenters. The van der Waals surface area contributed by atoms with Gasteiger partial charge in [-0.05, 0) is 36.8 Å². The minimum absolute atomic E-state index is 0.0142. The highest BCUT2D eigenvalue weighted by atomic mass is 35.5. The van der Waals surface area contributed by atoms with E-state index < -0.39 is 27.8 Å². The summed E-state index contributed by atoms with van der Waals surface area (Å²) in [5.41, 5.74) is 0. The third kappa shape index (κ3) is 3.68. The fourth-order valence-corrected chi connectivity index (χ4v) is 4.40. The van der Waals surface area contributed by atoms with Crippen molar-refractivity contribution in [1.29, 1.82) is 0 Å². The lowest BCUT2D eigenvalue weighted by Crippen LogP contribution is -2.31. The SMILES string of the molecule is O=S(=O)(c1cc(F)cc(Cl)c1)N1CCC(Oc2cccc(F)c2)C1. The molecular weight excluding hydrogens is 360 g/mol. The molecule has 1 unspecified atom stereocenters. The Morgan fingerprint density at radius 3 is 2.62 bits per heavy atom. The Labute approximate surface area is 143 Å². The van der Waals surface area contributed by atoms with Crippen molar-refractivity contribution in [2.24, 2.45) is 0 Å². The molecule has 128 valence electrons. The summed E-state index contributed by atoms with van der Waals surface area (Å²) in [5, 5.41) is 0.0142. The van der Waals surface area contributed by atoms with E-state index in [9.17, 15) is 17.2 Å². The Balaban J connectivity index is 1.74. The van der Waals surface area contributed by atoms with E-state index in [-0.39, 0.29) is 23.0 Å². The van der Waals surface area contributed by atoms with Crippen molar-refractivity contribution in [2.45, 2.75) is 17.4 Å². The average Bonchev–Trinajstić information content (AvgIpc) is 2.95. The number of benzene rings is 2. The van der Waals surface area contributed by atoms with Gasteiger partial charge in [0.05, 0.1) is 11.4 Å². The standard InChI is InChI=1S/C16H14ClF2NO3S/c17-11-6-13(19)9-16(7-11)24(21,22)20-5-4-15(10-20)23-14-3-1-2-12(18)8-14/h1-3,6-9,15H,4-5,10H2. The second-order valence-electron chi connectivity index (χ2n) is 5.45. The van der Waals surface area contributed by atoms with Gasteiger partial charge in [-0.2, -0.15) is 4.31 Å². The molecule has 4 nitrogen and oxygen atoms in total. The van der Waals surface area contributed by atoms with Crippen molar-refractivity contribution in [1.82, 2.24) is 4.31 Å². The monoisotopic (exact) mass is 373 g/mol. The molecule has 1 fully saturated rings. The number of rotatable bonds is 4. The largest absolute Gasteiger partial charge is 0.489 e. The molecule has 0 saturated carbocycles. The molecule has 2 aromatic rings. The van der Waals surface area contributed by atoms with Gasteiger partial charge in [0, 0.05) is 17.6 Å². The highest BCUT2D eigenvalue weighted by Gasteiger charge is 2.34. The van der Waals surface area contributed by atoms with E-state index in [1.54, 1.807) is 6.07 Å². The van der Waals surface area contributed by atoms with E-state index in [4.69, 9.17) is 16.3 Å². The second-order valence-corrected chi connectivity index (χ2v) is 7.83. The van der Waals surface area contributed by atoms with E-state index in [2.05, 4.69) is 0 Å². The Hall–Kier alpha value is -1.70. The van der Waals surface area contributed by atoms with Crippen molar-refractivity contribution in [3.63, 3.8) is 0 Å². The third-order valence-electron chi connectivity index (χ3n) is 3.68. The van der Waals surface area contributed by atoms with Gasteiger partial charge in [0.15, 0.2) is 0 Å². The Bertz CT molecular complexity index is 840. The number of halogens is 3. The van der Waals surface area contributed by atoms with Crippen molar-refractivity contribution in [2.75, 3.05) is 13.1 Å². The molecule has 1 aliphatic heterocycles. The molecule has 8 heteroatoms. The third-order valence-corrected chi connectivity index (χ3v) is 5.74. The highest BCUT2D eigenvalue weighted by Crippen LogP contribution is 2.26. The zero-order valence-electron chi connectivity index (χ0n) is 12.5. The van der Waals surface area contributed by atoms with Crippen molar-refractivity contribution in [3.8, 4) is 5.75 Å². The van der Waals surface area contributed by atoms with Gasteiger partial charge >= 0.3 is 0 Å². The predicted molar refractivity (Wildman–Crippen MR) is 85.6 cm³/mol. The summed E-state index contributed by atoms with van der Waals surface area (Å²) in [6, 6.07) is 8.84. The quantitative estimate of drug-likeness (QED) is 0.824. The van der Waals surface area contributed by atoms with Gasteiger partial charge in [-0.25, -0.2) is 17.2 Å². The molecule has 24 heavy (non-hydrogen) atoms. The first-order valence-corrected chi connectivity index (χ1v) is 9.05. The maximum atomic E-state index is 13.4. The lowest BCUT2D eigenvalue weighted by atomic mass is 10.3. The summed E-state index contributed by atoms with van der Waals surface area (Å²) in [4.78, 5) is -0.195. The van der Waals surface area contributed by atoms with Crippen LogP contribution in [0.15, 0.2) is 47.4 Å². The Morgan fingerprint density at radius 1 is 1.12 bits per heavy atom. The van der Waals surface area contributed by atoms with Crippen LogP contribution in [0.4, 0.5) is 8.78 Å². The maximum absolute atomic E-state index is 13.4.